The third-order valence-electron chi connectivity index (χ3n) is 3.82. The van der Waals surface area contributed by atoms with E-state index in [0.717, 1.165) is 6.42 Å². The van der Waals surface area contributed by atoms with Crippen molar-refractivity contribution in [3.05, 3.63) is 40.1 Å². The van der Waals surface area contributed by atoms with Gasteiger partial charge in [-0.1, -0.05) is 0 Å². The highest BCUT2D eigenvalue weighted by Crippen LogP contribution is 2.32. The summed E-state index contributed by atoms with van der Waals surface area (Å²) in [4.78, 5) is 26.0. The number of ketones is 1. The predicted octanol–water partition coefficient (Wildman–Crippen LogP) is 2.83. The van der Waals surface area contributed by atoms with Gasteiger partial charge in [0.15, 0.2) is 5.78 Å². The molecule has 6 heteroatoms. The van der Waals surface area contributed by atoms with Gasteiger partial charge >= 0.3 is 0 Å². The highest BCUT2D eigenvalue weighted by molar-refractivity contribution is 6.12. The number of nitrogens with zero attached hydrogens (tertiary/aromatic N) is 1. The molecule has 1 aromatic carbocycles. The summed E-state index contributed by atoms with van der Waals surface area (Å²) in [5.41, 5.74) is 0.317. The second-order valence-corrected chi connectivity index (χ2v) is 5.20. The standard InChI is InChI=1S/C14H14N2O4/c1-14(5-2-6-20-14)13(17)11-8-15-12-4-3-9(16(18)19)7-10(11)12/h3-4,7-8,15H,2,5-6H2,1H3. The number of hydrogen-bond acceptors (Lipinski definition) is 4. The number of rotatable bonds is 3. The molecule has 1 aliphatic rings. The Morgan fingerprint density at radius 1 is 1.50 bits per heavy atom. The Hall–Kier alpha value is -2.21. The Bertz CT molecular complexity index is 698. The van der Waals surface area contributed by atoms with Gasteiger partial charge in [-0.25, -0.2) is 0 Å². The smallest absolute Gasteiger partial charge is 0.270 e. The van der Waals surface area contributed by atoms with Gasteiger partial charge in [0.2, 0.25) is 0 Å². The van der Waals surface area contributed by atoms with Crippen molar-refractivity contribution < 1.29 is 14.5 Å². The lowest BCUT2D eigenvalue weighted by Crippen LogP contribution is -2.34. The van der Waals surface area contributed by atoms with E-state index in [1.165, 1.54) is 12.1 Å². The van der Waals surface area contributed by atoms with Crippen LogP contribution in [0, 0.1) is 10.1 Å². The molecule has 1 aliphatic heterocycles. The highest BCUT2D eigenvalue weighted by Gasteiger charge is 2.39. The van der Waals surface area contributed by atoms with Gasteiger partial charge < -0.3 is 9.72 Å². The van der Waals surface area contributed by atoms with E-state index in [2.05, 4.69) is 4.98 Å². The molecule has 1 fully saturated rings. The van der Waals surface area contributed by atoms with Crippen molar-refractivity contribution in [1.82, 2.24) is 4.98 Å². The second-order valence-electron chi connectivity index (χ2n) is 5.20. The minimum Gasteiger partial charge on any atom is -0.367 e. The first-order valence-corrected chi connectivity index (χ1v) is 6.45. The third-order valence-corrected chi connectivity index (χ3v) is 3.82. The molecule has 0 saturated carbocycles. The van der Waals surface area contributed by atoms with E-state index in [0.29, 0.717) is 29.5 Å². The first-order valence-electron chi connectivity index (χ1n) is 6.45. The molecule has 0 spiro atoms. The normalized spacial score (nSPS) is 22.2. The first-order chi connectivity index (χ1) is 9.51. The monoisotopic (exact) mass is 274 g/mol. The van der Waals surface area contributed by atoms with Crippen molar-refractivity contribution in [1.29, 1.82) is 0 Å². The molecule has 0 aliphatic carbocycles. The number of nitro groups is 1. The number of aromatic nitrogens is 1. The number of nitro benzene ring substituents is 1. The molecule has 6 nitrogen and oxygen atoms in total. The Labute approximate surface area is 114 Å². The van der Waals surface area contributed by atoms with Gasteiger partial charge in [-0.05, 0) is 25.8 Å². The van der Waals surface area contributed by atoms with Crippen LogP contribution < -0.4 is 0 Å². The van der Waals surface area contributed by atoms with Crippen LogP contribution in [-0.4, -0.2) is 27.9 Å². The summed E-state index contributed by atoms with van der Waals surface area (Å²) in [5, 5.41) is 11.4. The van der Waals surface area contributed by atoms with Gasteiger partial charge in [0.1, 0.15) is 5.60 Å². The van der Waals surface area contributed by atoms with Crippen molar-refractivity contribution in [3.63, 3.8) is 0 Å². The van der Waals surface area contributed by atoms with Gasteiger partial charge in [-0.15, -0.1) is 0 Å². The molecule has 1 aromatic heterocycles. The highest BCUT2D eigenvalue weighted by atomic mass is 16.6. The Morgan fingerprint density at radius 2 is 2.30 bits per heavy atom. The topological polar surface area (TPSA) is 85.2 Å². The molecule has 0 amide bonds. The fourth-order valence-corrected chi connectivity index (χ4v) is 2.65. The molecule has 0 radical (unpaired) electrons. The number of carbonyl (C=O) groups excluding carboxylic acids is 1. The molecule has 1 saturated heterocycles. The molecule has 104 valence electrons. The van der Waals surface area contributed by atoms with E-state index in [1.54, 1.807) is 19.2 Å². The molecular weight excluding hydrogens is 260 g/mol. The van der Waals surface area contributed by atoms with Crippen LogP contribution in [0.2, 0.25) is 0 Å². The fourth-order valence-electron chi connectivity index (χ4n) is 2.65. The maximum Gasteiger partial charge on any atom is 0.270 e. The lowest BCUT2D eigenvalue weighted by atomic mass is 9.92. The number of nitrogens with one attached hydrogen (secondary N) is 1. The van der Waals surface area contributed by atoms with E-state index < -0.39 is 10.5 Å². The zero-order valence-corrected chi connectivity index (χ0v) is 11.0. The average molecular weight is 274 g/mol. The van der Waals surface area contributed by atoms with Crippen molar-refractivity contribution in [2.24, 2.45) is 0 Å². The van der Waals surface area contributed by atoms with Crippen molar-refractivity contribution in [3.8, 4) is 0 Å². The van der Waals surface area contributed by atoms with Crippen LogP contribution >= 0.6 is 0 Å². The Morgan fingerprint density at radius 3 is 2.95 bits per heavy atom. The quantitative estimate of drug-likeness (QED) is 0.529. The van der Waals surface area contributed by atoms with Crippen LogP contribution in [-0.2, 0) is 4.74 Å². The van der Waals surface area contributed by atoms with Crippen LogP contribution in [0.5, 0.6) is 0 Å². The molecule has 1 unspecified atom stereocenters. The summed E-state index contributed by atoms with van der Waals surface area (Å²) < 4.78 is 5.56. The zero-order chi connectivity index (χ0) is 14.3. The minimum atomic E-state index is -0.820. The van der Waals surface area contributed by atoms with E-state index in [1.807, 2.05) is 0 Å². The summed E-state index contributed by atoms with van der Waals surface area (Å²) in [7, 11) is 0. The van der Waals surface area contributed by atoms with E-state index in [9.17, 15) is 14.9 Å². The molecular formula is C14H14N2O4. The van der Waals surface area contributed by atoms with Crippen molar-refractivity contribution in [2.75, 3.05) is 6.61 Å². The molecule has 1 N–H and O–H groups in total. The molecule has 1 atom stereocenters. The average Bonchev–Trinajstić information content (AvgIpc) is 3.04. The van der Waals surface area contributed by atoms with Crippen LogP contribution in [0.25, 0.3) is 10.9 Å². The van der Waals surface area contributed by atoms with Gasteiger partial charge in [-0.2, -0.15) is 0 Å². The molecule has 3 rings (SSSR count). The molecule has 20 heavy (non-hydrogen) atoms. The largest absolute Gasteiger partial charge is 0.367 e. The van der Waals surface area contributed by atoms with Crippen LogP contribution in [0.4, 0.5) is 5.69 Å². The van der Waals surface area contributed by atoms with Crippen molar-refractivity contribution in [2.45, 2.75) is 25.4 Å². The van der Waals surface area contributed by atoms with Crippen LogP contribution in [0.15, 0.2) is 24.4 Å². The minimum absolute atomic E-state index is 0.0244. The molecule has 2 aromatic rings. The fraction of sp³-hybridized carbons (Fsp3) is 0.357. The Balaban J connectivity index is 2.09. The number of benzene rings is 1. The van der Waals surface area contributed by atoms with Gasteiger partial charge in [0, 0.05) is 41.4 Å². The number of hydrogen-bond donors (Lipinski definition) is 1. The summed E-state index contributed by atoms with van der Waals surface area (Å²) in [6.07, 6.45) is 3.13. The lowest BCUT2D eigenvalue weighted by molar-refractivity contribution is -0.384. The lowest BCUT2D eigenvalue weighted by Gasteiger charge is -2.20. The number of H-pyrrole nitrogens is 1. The number of non-ortho nitro benzene ring substituents is 1. The van der Waals surface area contributed by atoms with Crippen LogP contribution in [0.3, 0.4) is 0 Å². The summed E-state index contributed by atoms with van der Waals surface area (Å²) >= 11 is 0. The maximum atomic E-state index is 12.6. The number of carbonyl (C=O) groups is 1. The second kappa shape index (κ2) is 4.42. The van der Waals surface area contributed by atoms with E-state index in [-0.39, 0.29) is 11.5 Å². The molecule has 0 bridgehead atoms. The number of ether oxygens (including phenoxy) is 1. The number of fused-ring (bicyclic) bond motifs is 1. The van der Waals surface area contributed by atoms with E-state index >= 15 is 0 Å². The predicted molar refractivity (Wildman–Crippen MR) is 72.9 cm³/mol. The maximum absolute atomic E-state index is 12.6. The number of aromatic amines is 1. The SMILES string of the molecule is CC1(C(=O)c2c[nH]c3ccc([N+](=O)[O-])cc23)CCCO1. The third kappa shape index (κ3) is 1.89. The van der Waals surface area contributed by atoms with Gasteiger partial charge in [-0.3, -0.25) is 14.9 Å². The summed E-state index contributed by atoms with van der Waals surface area (Å²) in [6.45, 7) is 2.35. The van der Waals surface area contributed by atoms with Gasteiger partial charge in [0.25, 0.3) is 5.69 Å². The zero-order valence-electron chi connectivity index (χ0n) is 11.0. The summed E-state index contributed by atoms with van der Waals surface area (Å²) in [5.74, 6) is -0.123. The van der Waals surface area contributed by atoms with Crippen molar-refractivity contribution >= 4 is 22.4 Å². The first kappa shape index (κ1) is 12.8. The Kier molecular flexibility index (Phi) is 2.83. The van der Waals surface area contributed by atoms with E-state index in [4.69, 9.17) is 4.74 Å². The molecule has 2 heterocycles. The van der Waals surface area contributed by atoms with Crippen LogP contribution in [0.1, 0.15) is 30.1 Å². The van der Waals surface area contributed by atoms with Gasteiger partial charge in [0.05, 0.1) is 4.92 Å². The number of Topliss-reactive ketones (excluding diaryl/α,β-unsaturated/α-hetero) is 1. The summed E-state index contributed by atoms with van der Waals surface area (Å²) in [6, 6.07) is 4.46.